The number of benzene rings is 2. The van der Waals surface area contributed by atoms with Crippen LogP contribution >= 0.6 is 23.4 Å². The monoisotopic (exact) mass is 573 g/mol. The Balaban J connectivity index is 2.57. The van der Waals surface area contributed by atoms with Gasteiger partial charge >= 0.3 is 6.09 Å². The fourth-order valence-corrected chi connectivity index (χ4v) is 4.73. The lowest BCUT2D eigenvalue weighted by atomic mass is 9.98. The lowest BCUT2D eigenvalue weighted by Crippen LogP contribution is -2.52. The van der Waals surface area contributed by atoms with Gasteiger partial charge in [0.15, 0.2) is 0 Å². The molecule has 3 amide bonds. The van der Waals surface area contributed by atoms with Gasteiger partial charge in [0.2, 0.25) is 5.91 Å². The van der Waals surface area contributed by atoms with Gasteiger partial charge in [0.1, 0.15) is 17.7 Å². The van der Waals surface area contributed by atoms with Crippen molar-refractivity contribution in [1.82, 2.24) is 10.2 Å². The molecule has 2 N–H and O–H groups in total. The summed E-state index contributed by atoms with van der Waals surface area (Å²) >= 11 is 7.97. The highest BCUT2D eigenvalue weighted by molar-refractivity contribution is 7.98. The summed E-state index contributed by atoms with van der Waals surface area (Å²) in [5, 5.41) is 6.07. The highest BCUT2D eigenvalue weighted by Gasteiger charge is 2.36. The van der Waals surface area contributed by atoms with Crippen LogP contribution in [0.2, 0.25) is 5.02 Å². The number of aryl methyl sites for hydroxylation is 3. The maximum Gasteiger partial charge on any atom is 0.408 e. The molecule has 2 atom stereocenters. The van der Waals surface area contributed by atoms with E-state index in [4.69, 9.17) is 16.3 Å². The third-order valence-corrected chi connectivity index (χ3v) is 7.04. The van der Waals surface area contributed by atoms with Crippen LogP contribution in [0.3, 0.4) is 0 Å². The lowest BCUT2D eigenvalue weighted by Gasteiger charge is -2.34. The Morgan fingerprint density at radius 3 is 2.36 bits per heavy atom. The second-order valence-electron chi connectivity index (χ2n) is 10.4. The number of halogens is 1. The van der Waals surface area contributed by atoms with E-state index < -0.39 is 35.6 Å². The summed E-state index contributed by atoms with van der Waals surface area (Å²) in [5.41, 5.74) is 3.22. The quantitative estimate of drug-likeness (QED) is 0.295. The molecule has 39 heavy (non-hydrogen) atoms. The largest absolute Gasteiger partial charge is 0.444 e. The van der Waals surface area contributed by atoms with E-state index in [-0.39, 0.29) is 6.54 Å². The van der Waals surface area contributed by atoms with E-state index >= 15 is 0 Å². The molecule has 9 heteroatoms. The highest BCUT2D eigenvalue weighted by atomic mass is 35.5. The molecule has 0 aliphatic rings. The van der Waals surface area contributed by atoms with Crippen molar-refractivity contribution in [2.45, 2.75) is 65.6 Å². The highest BCUT2D eigenvalue weighted by Crippen LogP contribution is 2.30. The van der Waals surface area contributed by atoms with E-state index in [0.717, 1.165) is 16.7 Å². The van der Waals surface area contributed by atoms with Crippen molar-refractivity contribution in [3.05, 3.63) is 76.3 Å². The minimum atomic E-state index is -1.01. The minimum absolute atomic E-state index is 0.0805. The maximum atomic E-state index is 14.1. The molecule has 0 spiro atoms. The third kappa shape index (κ3) is 9.32. The number of carbonyl (C=O) groups is 3. The predicted octanol–water partition coefficient (Wildman–Crippen LogP) is 6.61. The van der Waals surface area contributed by atoms with Crippen molar-refractivity contribution in [1.29, 1.82) is 0 Å². The smallest absolute Gasteiger partial charge is 0.408 e. The Hall–Kier alpha value is -2.97. The molecular weight excluding hydrogens is 534 g/mol. The van der Waals surface area contributed by atoms with Crippen LogP contribution < -0.4 is 10.6 Å². The molecule has 2 rings (SSSR count). The molecule has 7 nitrogen and oxygen atoms in total. The Labute approximate surface area is 241 Å². The molecule has 2 aromatic carbocycles. The van der Waals surface area contributed by atoms with Gasteiger partial charge < -0.3 is 20.3 Å². The van der Waals surface area contributed by atoms with Gasteiger partial charge in [-0.15, -0.1) is 6.58 Å². The number of ether oxygens (including phenoxy) is 1. The molecule has 0 saturated heterocycles. The number of hydrogen-bond donors (Lipinski definition) is 2. The summed E-state index contributed by atoms with van der Waals surface area (Å²) in [4.78, 5) is 42.2. The van der Waals surface area contributed by atoms with Gasteiger partial charge in [-0.2, -0.15) is 11.8 Å². The first-order chi connectivity index (χ1) is 18.3. The van der Waals surface area contributed by atoms with Crippen LogP contribution in [-0.4, -0.2) is 53.0 Å². The number of nitrogens with one attached hydrogen (secondary N) is 2. The number of nitrogens with zero attached hydrogens (tertiary/aromatic N) is 1. The van der Waals surface area contributed by atoms with E-state index in [0.29, 0.717) is 28.4 Å². The number of anilines is 1. The second-order valence-corrected chi connectivity index (χ2v) is 11.8. The predicted molar refractivity (Wildman–Crippen MR) is 162 cm³/mol. The van der Waals surface area contributed by atoms with Crippen LogP contribution in [0, 0.1) is 20.8 Å². The summed E-state index contributed by atoms with van der Waals surface area (Å²) < 4.78 is 5.42. The number of para-hydroxylation sites is 1. The molecule has 2 aromatic rings. The van der Waals surface area contributed by atoms with E-state index in [1.807, 2.05) is 51.3 Å². The molecular formula is C30H40ClN3O4S. The summed E-state index contributed by atoms with van der Waals surface area (Å²) in [5.74, 6) is -0.220. The van der Waals surface area contributed by atoms with E-state index in [2.05, 4.69) is 17.2 Å². The van der Waals surface area contributed by atoms with Gasteiger partial charge in [0.25, 0.3) is 5.91 Å². The van der Waals surface area contributed by atoms with Crippen molar-refractivity contribution in [3.8, 4) is 0 Å². The van der Waals surface area contributed by atoms with Gasteiger partial charge in [-0.1, -0.05) is 48.0 Å². The molecule has 0 aliphatic heterocycles. The number of alkyl carbamates (subject to hydrolysis) is 1. The molecule has 212 valence electrons. The molecule has 2 unspecified atom stereocenters. The summed E-state index contributed by atoms with van der Waals surface area (Å²) in [6, 6.07) is 9.10. The molecule has 0 radical (unpaired) electrons. The first kappa shape index (κ1) is 32.2. The molecule has 0 fully saturated rings. The second kappa shape index (κ2) is 14.4. The molecule has 0 aromatic heterocycles. The Kier molecular flexibility index (Phi) is 11.9. The van der Waals surface area contributed by atoms with Crippen LogP contribution in [0.5, 0.6) is 0 Å². The fraction of sp³-hybridized carbons (Fsp3) is 0.433. The van der Waals surface area contributed by atoms with Crippen LogP contribution in [-0.2, 0) is 14.3 Å². The Morgan fingerprint density at radius 2 is 1.79 bits per heavy atom. The van der Waals surface area contributed by atoms with Crippen LogP contribution in [0.15, 0.2) is 49.1 Å². The maximum absolute atomic E-state index is 14.1. The first-order valence-electron chi connectivity index (χ1n) is 12.8. The fourth-order valence-electron chi connectivity index (χ4n) is 3.99. The zero-order valence-electron chi connectivity index (χ0n) is 23.9. The van der Waals surface area contributed by atoms with E-state index in [9.17, 15) is 14.4 Å². The topological polar surface area (TPSA) is 87.7 Å². The van der Waals surface area contributed by atoms with Crippen LogP contribution in [0.4, 0.5) is 10.5 Å². The van der Waals surface area contributed by atoms with Crippen molar-refractivity contribution in [3.63, 3.8) is 0 Å². The molecule has 0 saturated carbocycles. The SMILES string of the molecule is C=CCN(C(=O)C(CCSC)NC(=O)OC(C)(C)C)C(C(=O)Nc1c(C)cccc1Cl)c1ccc(C)c(C)c1. The van der Waals surface area contributed by atoms with E-state index in [1.54, 1.807) is 50.7 Å². The number of thioether (sulfide) groups is 1. The summed E-state index contributed by atoms with van der Waals surface area (Å²) in [7, 11) is 0. The van der Waals surface area contributed by atoms with Crippen molar-refractivity contribution in [2.24, 2.45) is 0 Å². The third-order valence-electron chi connectivity index (χ3n) is 6.09. The first-order valence-corrected chi connectivity index (χ1v) is 14.6. The standard InChI is InChI=1S/C30H40ClN3O4S/c1-9-16-34(28(36)24(15-17-39-8)32-29(37)38-30(5,6)7)26(22-14-13-19(2)21(4)18-22)27(35)33-25-20(3)11-10-12-23(25)31/h9-14,18,24,26H,1,15-17H2,2-8H3,(H,32,37)(H,33,35). The summed E-state index contributed by atoms with van der Waals surface area (Å²) in [6.07, 6.45) is 3.16. The van der Waals surface area contributed by atoms with Gasteiger partial charge in [-0.3, -0.25) is 9.59 Å². The van der Waals surface area contributed by atoms with Crippen LogP contribution in [0.25, 0.3) is 0 Å². The number of rotatable bonds is 11. The Morgan fingerprint density at radius 1 is 1.10 bits per heavy atom. The molecule has 0 aliphatic carbocycles. The molecule has 0 bridgehead atoms. The van der Waals surface area contributed by atoms with Gasteiger partial charge in [-0.05, 0) is 88.3 Å². The number of carbonyl (C=O) groups excluding carboxylic acids is 3. The van der Waals surface area contributed by atoms with Crippen molar-refractivity contribution in [2.75, 3.05) is 23.9 Å². The van der Waals surface area contributed by atoms with Gasteiger partial charge in [0, 0.05) is 6.54 Å². The van der Waals surface area contributed by atoms with Crippen molar-refractivity contribution >= 4 is 47.0 Å². The summed E-state index contributed by atoms with van der Waals surface area (Å²) in [6.45, 7) is 15.0. The normalized spacial score (nSPS) is 12.7. The van der Waals surface area contributed by atoms with E-state index in [1.165, 1.54) is 4.90 Å². The lowest BCUT2D eigenvalue weighted by molar-refractivity contribution is -0.140. The minimum Gasteiger partial charge on any atom is -0.444 e. The van der Waals surface area contributed by atoms with Crippen LogP contribution in [0.1, 0.15) is 55.5 Å². The van der Waals surface area contributed by atoms with Gasteiger partial charge in [0.05, 0.1) is 10.7 Å². The molecule has 0 heterocycles. The Bertz CT molecular complexity index is 1170. The van der Waals surface area contributed by atoms with Gasteiger partial charge in [-0.25, -0.2) is 4.79 Å². The zero-order valence-corrected chi connectivity index (χ0v) is 25.5. The average Bonchev–Trinajstić information content (AvgIpc) is 2.84. The number of hydrogen-bond acceptors (Lipinski definition) is 5. The number of amides is 3. The average molecular weight is 574 g/mol. The zero-order chi connectivity index (χ0) is 29.3. The van der Waals surface area contributed by atoms with Crippen molar-refractivity contribution < 1.29 is 19.1 Å².